The molecule has 0 fully saturated rings. The van der Waals surface area contributed by atoms with Crippen molar-refractivity contribution >= 4 is 11.6 Å². The largest absolute Gasteiger partial charge is 0.377 e. The smallest absolute Gasteiger partial charge is 0.156 e. The van der Waals surface area contributed by atoms with E-state index in [0.717, 1.165) is 5.56 Å². The van der Waals surface area contributed by atoms with Crippen molar-refractivity contribution in [3.05, 3.63) is 46.6 Å². The monoisotopic (exact) mass is 266 g/mol. The van der Waals surface area contributed by atoms with Gasteiger partial charge >= 0.3 is 0 Å². The van der Waals surface area contributed by atoms with E-state index in [4.69, 9.17) is 16.3 Å². The molecule has 0 amide bonds. The van der Waals surface area contributed by atoms with Crippen molar-refractivity contribution in [3.8, 4) is 11.3 Å². The average Bonchev–Trinajstić information content (AvgIpc) is 2.32. The summed E-state index contributed by atoms with van der Waals surface area (Å²) in [5, 5.41) is 0.342. The van der Waals surface area contributed by atoms with Gasteiger partial charge in [-0.3, -0.25) is 0 Å². The van der Waals surface area contributed by atoms with E-state index >= 15 is 0 Å². The molecule has 0 unspecified atom stereocenters. The molecule has 1 heterocycles. The minimum Gasteiger partial charge on any atom is -0.377 e. The topological polar surface area (TPSA) is 35.0 Å². The maximum absolute atomic E-state index is 13.2. The number of rotatable bonds is 3. The van der Waals surface area contributed by atoms with Crippen molar-refractivity contribution < 1.29 is 9.13 Å². The summed E-state index contributed by atoms with van der Waals surface area (Å²) < 4.78 is 18.2. The summed E-state index contributed by atoms with van der Waals surface area (Å²) in [4.78, 5) is 8.37. The van der Waals surface area contributed by atoms with Crippen molar-refractivity contribution in [1.82, 2.24) is 9.97 Å². The molecule has 5 heteroatoms. The first-order valence-corrected chi connectivity index (χ1v) is 5.77. The van der Waals surface area contributed by atoms with Gasteiger partial charge in [0.25, 0.3) is 0 Å². The first-order valence-electron chi connectivity index (χ1n) is 5.39. The third-order valence-corrected chi connectivity index (χ3v) is 2.66. The van der Waals surface area contributed by atoms with Crippen LogP contribution in [0.5, 0.6) is 0 Å². The molecule has 1 aromatic carbocycles. The van der Waals surface area contributed by atoms with E-state index in [1.54, 1.807) is 32.2 Å². The second-order valence-corrected chi connectivity index (χ2v) is 4.28. The maximum Gasteiger partial charge on any atom is 0.156 e. The van der Waals surface area contributed by atoms with E-state index in [2.05, 4.69) is 9.97 Å². The lowest BCUT2D eigenvalue weighted by atomic mass is 10.1. The van der Waals surface area contributed by atoms with E-state index < -0.39 is 0 Å². The highest BCUT2D eigenvalue weighted by atomic mass is 35.5. The molecule has 2 aromatic rings. The van der Waals surface area contributed by atoms with Crippen LogP contribution < -0.4 is 0 Å². The first kappa shape index (κ1) is 12.9. The zero-order valence-corrected chi connectivity index (χ0v) is 10.8. The molecular formula is C13H12ClFN2O. The maximum atomic E-state index is 13.2. The van der Waals surface area contributed by atoms with Gasteiger partial charge in [0, 0.05) is 18.7 Å². The Labute approximate surface area is 110 Å². The Hall–Kier alpha value is -1.52. The molecule has 0 saturated carbocycles. The summed E-state index contributed by atoms with van der Waals surface area (Å²) >= 11 is 5.93. The normalized spacial score (nSPS) is 10.7. The predicted octanol–water partition coefficient (Wildman–Crippen LogP) is 3.39. The molecule has 2 rings (SSSR count). The lowest BCUT2D eigenvalue weighted by molar-refractivity contribution is 0.178. The minimum atomic E-state index is -0.240. The fourth-order valence-electron chi connectivity index (χ4n) is 1.61. The summed E-state index contributed by atoms with van der Waals surface area (Å²) in [6, 6.07) is 6.45. The van der Waals surface area contributed by atoms with Gasteiger partial charge in [0.1, 0.15) is 17.6 Å². The predicted molar refractivity (Wildman–Crippen MR) is 67.9 cm³/mol. The molecule has 0 spiro atoms. The molecular weight excluding hydrogens is 255 g/mol. The molecule has 0 N–H and O–H groups in total. The number of methoxy groups -OCH3 is 1. The molecule has 3 nitrogen and oxygen atoms in total. The molecule has 0 radical (unpaired) electrons. The second kappa shape index (κ2) is 5.42. The molecule has 0 bridgehead atoms. The van der Waals surface area contributed by atoms with E-state index in [1.807, 2.05) is 0 Å². The second-order valence-electron chi connectivity index (χ2n) is 3.89. The Kier molecular flexibility index (Phi) is 3.89. The van der Waals surface area contributed by atoms with Crippen LogP contribution in [0.1, 0.15) is 11.4 Å². The van der Waals surface area contributed by atoms with Crippen LogP contribution in [-0.4, -0.2) is 17.1 Å². The van der Waals surface area contributed by atoms with E-state index in [1.165, 1.54) is 6.07 Å². The molecule has 0 aliphatic carbocycles. The van der Waals surface area contributed by atoms with Crippen LogP contribution in [0.25, 0.3) is 11.3 Å². The number of aromatic nitrogens is 2. The standard InChI is InChI=1S/C13H12ClFN2O/c1-8-5-9(3-4-10(8)15)11-6-12(14)17-13(16-11)7-18-2/h3-6H,7H2,1-2H3. The van der Waals surface area contributed by atoms with Crippen LogP contribution >= 0.6 is 11.6 Å². The Bertz CT molecular complexity index is 575. The quantitative estimate of drug-likeness (QED) is 0.799. The Morgan fingerprint density at radius 1 is 1.28 bits per heavy atom. The molecule has 0 saturated heterocycles. The van der Waals surface area contributed by atoms with Gasteiger partial charge < -0.3 is 4.74 Å². The highest BCUT2D eigenvalue weighted by Gasteiger charge is 2.07. The number of benzene rings is 1. The zero-order valence-electron chi connectivity index (χ0n) is 10.1. The van der Waals surface area contributed by atoms with Crippen LogP contribution in [0.4, 0.5) is 4.39 Å². The van der Waals surface area contributed by atoms with E-state index in [0.29, 0.717) is 22.2 Å². The molecule has 94 valence electrons. The third-order valence-electron chi connectivity index (χ3n) is 2.47. The van der Waals surface area contributed by atoms with Crippen LogP contribution in [0, 0.1) is 12.7 Å². The summed E-state index contributed by atoms with van der Waals surface area (Å²) in [6.45, 7) is 1.99. The van der Waals surface area contributed by atoms with Crippen LogP contribution in [0.3, 0.4) is 0 Å². The Morgan fingerprint density at radius 3 is 2.72 bits per heavy atom. The minimum absolute atomic E-state index is 0.240. The molecule has 0 atom stereocenters. The fourth-order valence-corrected chi connectivity index (χ4v) is 1.81. The van der Waals surface area contributed by atoms with Crippen LogP contribution in [0.2, 0.25) is 5.15 Å². The lowest BCUT2D eigenvalue weighted by Gasteiger charge is -2.06. The number of halogens is 2. The van der Waals surface area contributed by atoms with Gasteiger partial charge in [-0.1, -0.05) is 11.6 Å². The Morgan fingerprint density at radius 2 is 2.06 bits per heavy atom. The van der Waals surface area contributed by atoms with Gasteiger partial charge in [-0.25, -0.2) is 14.4 Å². The average molecular weight is 267 g/mol. The number of aryl methyl sites for hydroxylation is 1. The van der Waals surface area contributed by atoms with Gasteiger partial charge in [-0.15, -0.1) is 0 Å². The van der Waals surface area contributed by atoms with E-state index in [9.17, 15) is 4.39 Å². The summed E-state index contributed by atoms with van der Waals surface area (Å²) in [7, 11) is 1.56. The number of nitrogens with zero attached hydrogens (tertiary/aromatic N) is 2. The van der Waals surface area contributed by atoms with Gasteiger partial charge in [0.05, 0.1) is 5.69 Å². The van der Waals surface area contributed by atoms with Gasteiger partial charge in [-0.05, 0) is 30.7 Å². The van der Waals surface area contributed by atoms with Crippen LogP contribution in [-0.2, 0) is 11.3 Å². The molecule has 0 aliphatic heterocycles. The van der Waals surface area contributed by atoms with Gasteiger partial charge in [0.15, 0.2) is 5.82 Å². The number of ether oxygens (including phenoxy) is 1. The summed E-state index contributed by atoms with van der Waals surface area (Å²) in [6.07, 6.45) is 0. The highest BCUT2D eigenvalue weighted by Crippen LogP contribution is 2.22. The molecule has 18 heavy (non-hydrogen) atoms. The highest BCUT2D eigenvalue weighted by molar-refractivity contribution is 6.29. The Balaban J connectivity index is 2.46. The fraction of sp³-hybridized carbons (Fsp3) is 0.231. The van der Waals surface area contributed by atoms with Crippen molar-refractivity contribution in [1.29, 1.82) is 0 Å². The third kappa shape index (κ3) is 2.83. The summed E-state index contributed by atoms with van der Waals surface area (Å²) in [5.41, 5.74) is 2.02. The van der Waals surface area contributed by atoms with Crippen LogP contribution in [0.15, 0.2) is 24.3 Å². The van der Waals surface area contributed by atoms with Crippen molar-refractivity contribution in [2.24, 2.45) is 0 Å². The zero-order chi connectivity index (χ0) is 13.1. The van der Waals surface area contributed by atoms with Crippen molar-refractivity contribution in [3.63, 3.8) is 0 Å². The first-order chi connectivity index (χ1) is 8.60. The van der Waals surface area contributed by atoms with Gasteiger partial charge in [-0.2, -0.15) is 0 Å². The van der Waals surface area contributed by atoms with E-state index in [-0.39, 0.29) is 12.4 Å². The molecule has 1 aromatic heterocycles. The van der Waals surface area contributed by atoms with Crippen molar-refractivity contribution in [2.75, 3.05) is 7.11 Å². The van der Waals surface area contributed by atoms with Crippen molar-refractivity contribution in [2.45, 2.75) is 13.5 Å². The number of hydrogen-bond acceptors (Lipinski definition) is 3. The molecule has 0 aliphatic rings. The summed E-state index contributed by atoms with van der Waals surface area (Å²) in [5.74, 6) is 0.262. The lowest BCUT2D eigenvalue weighted by Crippen LogP contribution is -1.99. The number of hydrogen-bond donors (Lipinski definition) is 0. The van der Waals surface area contributed by atoms with Gasteiger partial charge in [0.2, 0.25) is 0 Å². The SMILES string of the molecule is COCc1nc(Cl)cc(-c2ccc(F)c(C)c2)n1.